The number of nitrogens with zero attached hydrogens (tertiary/aromatic N) is 2. The lowest BCUT2D eigenvalue weighted by molar-refractivity contribution is 0.102. The molecule has 0 aliphatic rings. The third-order valence-corrected chi connectivity index (χ3v) is 4.39. The molecule has 26 heavy (non-hydrogen) atoms. The third-order valence-electron chi connectivity index (χ3n) is 4.39. The molecule has 3 aromatic rings. The highest BCUT2D eigenvalue weighted by atomic mass is 16.1. The Balaban J connectivity index is 1.80. The number of aryl methyl sites for hydroxylation is 2. The molecule has 1 amide bonds. The number of anilines is 3. The van der Waals surface area contributed by atoms with Gasteiger partial charge in [0.15, 0.2) is 0 Å². The zero-order chi connectivity index (χ0) is 18.5. The first-order valence-electron chi connectivity index (χ1n) is 8.64. The van der Waals surface area contributed by atoms with Crippen LogP contribution in [0.3, 0.4) is 0 Å². The summed E-state index contributed by atoms with van der Waals surface area (Å²) in [5.41, 5.74) is 5.45. The van der Waals surface area contributed by atoms with E-state index < -0.39 is 0 Å². The van der Waals surface area contributed by atoms with Crippen LogP contribution < -0.4 is 10.6 Å². The molecule has 2 aromatic carbocycles. The molecule has 0 saturated carbocycles. The molecule has 3 rings (SSSR count). The van der Waals surface area contributed by atoms with Crippen molar-refractivity contribution in [1.29, 1.82) is 0 Å². The van der Waals surface area contributed by atoms with Gasteiger partial charge in [0.05, 0.1) is 0 Å². The molecule has 1 heterocycles. The van der Waals surface area contributed by atoms with Gasteiger partial charge in [0.2, 0.25) is 5.95 Å². The van der Waals surface area contributed by atoms with Crippen molar-refractivity contribution in [2.75, 3.05) is 10.6 Å². The van der Waals surface area contributed by atoms with Crippen molar-refractivity contribution in [3.8, 4) is 0 Å². The molecule has 0 saturated heterocycles. The normalized spacial score (nSPS) is 10.4. The summed E-state index contributed by atoms with van der Waals surface area (Å²) in [4.78, 5) is 21.2. The van der Waals surface area contributed by atoms with Gasteiger partial charge in [-0.1, -0.05) is 37.3 Å². The summed E-state index contributed by atoms with van der Waals surface area (Å²) in [6.07, 6.45) is 2.43. The topological polar surface area (TPSA) is 66.9 Å². The number of hydrogen-bond donors (Lipinski definition) is 2. The molecule has 1 aromatic heterocycles. The van der Waals surface area contributed by atoms with Gasteiger partial charge in [0, 0.05) is 17.6 Å². The summed E-state index contributed by atoms with van der Waals surface area (Å²) in [6.45, 7) is 6.15. The van der Waals surface area contributed by atoms with Crippen molar-refractivity contribution in [3.63, 3.8) is 0 Å². The molecule has 0 fully saturated rings. The van der Waals surface area contributed by atoms with E-state index in [0.29, 0.717) is 11.6 Å². The number of para-hydroxylation sites is 1. The maximum Gasteiger partial charge on any atom is 0.274 e. The number of rotatable bonds is 5. The largest absolute Gasteiger partial charge is 0.324 e. The van der Waals surface area contributed by atoms with Gasteiger partial charge in [0.25, 0.3) is 5.91 Å². The van der Waals surface area contributed by atoms with Crippen LogP contribution in [0.1, 0.15) is 34.1 Å². The zero-order valence-electron chi connectivity index (χ0n) is 15.2. The Hall–Kier alpha value is -3.21. The van der Waals surface area contributed by atoms with Crippen molar-refractivity contribution in [1.82, 2.24) is 9.97 Å². The van der Waals surface area contributed by atoms with Crippen LogP contribution in [0.15, 0.2) is 54.7 Å². The number of nitrogens with one attached hydrogen (secondary N) is 2. The predicted molar refractivity (Wildman–Crippen MR) is 105 cm³/mol. The summed E-state index contributed by atoms with van der Waals surface area (Å²) in [5, 5.41) is 6.12. The van der Waals surface area contributed by atoms with Gasteiger partial charge >= 0.3 is 0 Å². The van der Waals surface area contributed by atoms with Gasteiger partial charge in [-0.05, 0) is 55.2 Å². The quantitative estimate of drug-likeness (QED) is 0.705. The summed E-state index contributed by atoms with van der Waals surface area (Å²) in [7, 11) is 0. The standard InChI is InChI=1S/C21H22N4O/c1-4-16-9-5-6-10-18(16)23-20(26)19-12-13-22-21(25-19)24-17-11-7-8-14(2)15(17)3/h5-13H,4H2,1-3H3,(H,23,26)(H,22,24,25). The average molecular weight is 346 g/mol. The Labute approximate surface area is 153 Å². The van der Waals surface area contributed by atoms with Crippen molar-refractivity contribution in [2.24, 2.45) is 0 Å². The lowest BCUT2D eigenvalue weighted by atomic mass is 10.1. The number of carbonyl (C=O) groups is 1. The number of hydrogen-bond acceptors (Lipinski definition) is 4. The van der Waals surface area contributed by atoms with E-state index in [4.69, 9.17) is 0 Å². The van der Waals surface area contributed by atoms with Crippen molar-refractivity contribution >= 4 is 23.2 Å². The molecule has 0 atom stereocenters. The molecule has 0 spiro atoms. The fraction of sp³-hybridized carbons (Fsp3) is 0.190. The molecular weight excluding hydrogens is 324 g/mol. The lowest BCUT2D eigenvalue weighted by Crippen LogP contribution is -2.15. The van der Waals surface area contributed by atoms with E-state index in [1.807, 2.05) is 43.3 Å². The summed E-state index contributed by atoms with van der Waals surface area (Å²) < 4.78 is 0. The van der Waals surface area contributed by atoms with E-state index in [1.54, 1.807) is 12.3 Å². The van der Waals surface area contributed by atoms with Crippen LogP contribution in [0.5, 0.6) is 0 Å². The zero-order valence-corrected chi connectivity index (χ0v) is 15.2. The van der Waals surface area contributed by atoms with Crippen molar-refractivity contribution < 1.29 is 4.79 Å². The number of carbonyl (C=O) groups excluding carboxylic acids is 1. The Kier molecular flexibility index (Phi) is 5.27. The minimum absolute atomic E-state index is 0.252. The van der Waals surface area contributed by atoms with Crippen LogP contribution in [0.2, 0.25) is 0 Å². The highest BCUT2D eigenvalue weighted by Crippen LogP contribution is 2.21. The molecule has 0 radical (unpaired) electrons. The van der Waals surface area contributed by atoms with Crippen LogP contribution in [0, 0.1) is 13.8 Å². The van der Waals surface area contributed by atoms with Crippen LogP contribution in [-0.2, 0) is 6.42 Å². The first-order chi connectivity index (χ1) is 12.6. The van der Waals surface area contributed by atoms with Gasteiger partial charge in [0.1, 0.15) is 5.69 Å². The fourth-order valence-corrected chi connectivity index (χ4v) is 2.69. The molecule has 2 N–H and O–H groups in total. The Morgan fingerprint density at radius 1 is 1.00 bits per heavy atom. The van der Waals surface area contributed by atoms with Crippen molar-refractivity contribution in [3.05, 3.63) is 77.1 Å². The first-order valence-corrected chi connectivity index (χ1v) is 8.64. The summed E-state index contributed by atoms with van der Waals surface area (Å²) in [5.74, 6) is 0.146. The highest BCUT2D eigenvalue weighted by Gasteiger charge is 2.11. The lowest BCUT2D eigenvalue weighted by Gasteiger charge is -2.12. The Bertz CT molecular complexity index is 937. The monoisotopic (exact) mass is 346 g/mol. The fourth-order valence-electron chi connectivity index (χ4n) is 2.69. The Morgan fingerprint density at radius 3 is 2.58 bits per heavy atom. The molecule has 0 aliphatic heterocycles. The minimum Gasteiger partial charge on any atom is -0.324 e. The van der Waals surface area contributed by atoms with Gasteiger partial charge in [-0.25, -0.2) is 9.97 Å². The number of aromatic nitrogens is 2. The second-order valence-electron chi connectivity index (χ2n) is 6.10. The highest BCUT2D eigenvalue weighted by molar-refractivity contribution is 6.03. The molecule has 0 bridgehead atoms. The smallest absolute Gasteiger partial charge is 0.274 e. The summed E-state index contributed by atoms with van der Waals surface area (Å²) >= 11 is 0. The van der Waals surface area contributed by atoms with Gasteiger partial charge < -0.3 is 10.6 Å². The molecule has 0 unspecified atom stereocenters. The van der Waals surface area contributed by atoms with E-state index in [2.05, 4.69) is 40.5 Å². The molecule has 5 nitrogen and oxygen atoms in total. The number of amides is 1. The summed E-state index contributed by atoms with van der Waals surface area (Å²) in [6, 6.07) is 15.4. The van der Waals surface area contributed by atoms with Gasteiger partial charge in [-0.15, -0.1) is 0 Å². The SMILES string of the molecule is CCc1ccccc1NC(=O)c1ccnc(Nc2cccc(C)c2C)n1. The predicted octanol–water partition coefficient (Wildman–Crippen LogP) is 4.65. The first kappa shape index (κ1) is 17.6. The maximum atomic E-state index is 12.6. The Morgan fingerprint density at radius 2 is 1.77 bits per heavy atom. The van der Waals surface area contributed by atoms with E-state index in [-0.39, 0.29) is 5.91 Å². The van der Waals surface area contributed by atoms with Crippen molar-refractivity contribution in [2.45, 2.75) is 27.2 Å². The molecule has 5 heteroatoms. The molecule has 0 aliphatic carbocycles. The van der Waals surface area contributed by atoms with Gasteiger partial charge in [-0.3, -0.25) is 4.79 Å². The van der Waals surface area contributed by atoms with Crippen LogP contribution in [0.25, 0.3) is 0 Å². The average Bonchev–Trinajstić information content (AvgIpc) is 2.66. The molecule has 132 valence electrons. The van der Waals surface area contributed by atoms with E-state index in [0.717, 1.165) is 28.9 Å². The van der Waals surface area contributed by atoms with Crippen LogP contribution in [-0.4, -0.2) is 15.9 Å². The second-order valence-corrected chi connectivity index (χ2v) is 6.10. The third kappa shape index (κ3) is 3.88. The van der Waals surface area contributed by atoms with Crippen LogP contribution >= 0.6 is 0 Å². The minimum atomic E-state index is -0.252. The van der Waals surface area contributed by atoms with Crippen LogP contribution in [0.4, 0.5) is 17.3 Å². The van der Waals surface area contributed by atoms with Gasteiger partial charge in [-0.2, -0.15) is 0 Å². The molecular formula is C21H22N4O. The van der Waals surface area contributed by atoms with E-state index in [1.165, 1.54) is 5.56 Å². The van der Waals surface area contributed by atoms with E-state index >= 15 is 0 Å². The second kappa shape index (κ2) is 7.78. The number of benzene rings is 2. The van der Waals surface area contributed by atoms with E-state index in [9.17, 15) is 4.79 Å². The maximum absolute atomic E-state index is 12.6.